The van der Waals surface area contributed by atoms with E-state index in [1.807, 2.05) is 0 Å². The topological polar surface area (TPSA) is 84.7 Å². The molecule has 1 unspecified atom stereocenters. The number of rotatable bonds is 6. The molecule has 0 heterocycles. The van der Waals surface area contributed by atoms with E-state index in [0.29, 0.717) is 23.9 Å². The Kier molecular flexibility index (Phi) is 6.11. The van der Waals surface area contributed by atoms with Gasteiger partial charge in [-0.1, -0.05) is 11.6 Å². The summed E-state index contributed by atoms with van der Waals surface area (Å²) in [6, 6.07) is 5.57. The van der Waals surface area contributed by atoms with E-state index in [0.717, 1.165) is 0 Å². The molecule has 3 N–H and O–H groups in total. The molecule has 0 aromatic heterocycles. The molecule has 6 nitrogen and oxygen atoms in total. The van der Waals surface area contributed by atoms with Crippen molar-refractivity contribution in [2.75, 3.05) is 20.2 Å². The lowest BCUT2D eigenvalue weighted by atomic mass is 10.3. The fourth-order valence-electron chi connectivity index (χ4n) is 1.55. The van der Waals surface area contributed by atoms with Crippen LogP contribution in [0.4, 0.5) is 4.79 Å². The molecule has 0 aliphatic rings. The van der Waals surface area contributed by atoms with Crippen molar-refractivity contribution < 1.29 is 14.3 Å². The fraction of sp³-hybridized carbons (Fsp3) is 0.385. The summed E-state index contributed by atoms with van der Waals surface area (Å²) in [6.07, 6.45) is 0. The smallest absolute Gasteiger partial charge is 0.312 e. The zero-order valence-electron chi connectivity index (χ0n) is 11.4. The highest BCUT2D eigenvalue weighted by atomic mass is 35.5. The van der Waals surface area contributed by atoms with E-state index in [4.69, 9.17) is 22.1 Å². The van der Waals surface area contributed by atoms with Gasteiger partial charge in [0.25, 0.3) is 0 Å². The normalized spacial score (nSPS) is 11.6. The first-order chi connectivity index (χ1) is 9.40. The molecular formula is C13H18ClN3O3. The van der Waals surface area contributed by atoms with E-state index in [-0.39, 0.29) is 5.91 Å². The van der Waals surface area contributed by atoms with Gasteiger partial charge in [-0.2, -0.15) is 0 Å². The van der Waals surface area contributed by atoms with Crippen molar-refractivity contribution in [1.29, 1.82) is 0 Å². The lowest BCUT2D eigenvalue weighted by Gasteiger charge is -2.21. The van der Waals surface area contributed by atoms with E-state index in [9.17, 15) is 9.59 Å². The number of benzene rings is 1. The Morgan fingerprint density at radius 3 is 2.55 bits per heavy atom. The third kappa shape index (κ3) is 5.36. The maximum Gasteiger partial charge on any atom is 0.312 e. The third-order valence-electron chi connectivity index (χ3n) is 2.61. The first kappa shape index (κ1) is 16.1. The van der Waals surface area contributed by atoms with Crippen LogP contribution in [0.15, 0.2) is 24.3 Å². The Bertz CT molecular complexity index is 464. The highest BCUT2D eigenvalue weighted by molar-refractivity contribution is 6.30. The average Bonchev–Trinajstić information content (AvgIpc) is 2.39. The zero-order valence-corrected chi connectivity index (χ0v) is 12.2. The van der Waals surface area contributed by atoms with Crippen molar-refractivity contribution in [2.45, 2.75) is 13.0 Å². The van der Waals surface area contributed by atoms with E-state index >= 15 is 0 Å². The number of nitrogens with one attached hydrogen (secondary N) is 1. The quantitative estimate of drug-likeness (QED) is 0.828. The molecule has 0 aliphatic heterocycles. The fourth-order valence-corrected chi connectivity index (χ4v) is 1.67. The van der Waals surface area contributed by atoms with Crippen molar-refractivity contribution in [1.82, 2.24) is 10.2 Å². The Hall–Kier alpha value is -1.95. The van der Waals surface area contributed by atoms with Crippen LogP contribution in [0.25, 0.3) is 0 Å². The Balaban J connectivity index is 2.35. The van der Waals surface area contributed by atoms with Gasteiger partial charge in [-0.05, 0) is 31.2 Å². The first-order valence-corrected chi connectivity index (χ1v) is 6.47. The number of nitrogens with zero attached hydrogens (tertiary/aromatic N) is 1. The lowest BCUT2D eigenvalue weighted by molar-refractivity contribution is -0.131. The molecule has 1 rings (SSSR count). The average molecular weight is 300 g/mol. The molecule has 20 heavy (non-hydrogen) atoms. The van der Waals surface area contributed by atoms with Crippen LogP contribution < -0.4 is 15.8 Å². The first-order valence-electron chi connectivity index (χ1n) is 6.09. The van der Waals surface area contributed by atoms with Gasteiger partial charge in [-0.25, -0.2) is 4.79 Å². The molecule has 0 fully saturated rings. The van der Waals surface area contributed by atoms with E-state index in [2.05, 4.69) is 5.32 Å². The highest BCUT2D eigenvalue weighted by Crippen LogP contribution is 2.15. The largest absolute Gasteiger partial charge is 0.492 e. The van der Waals surface area contributed by atoms with Crippen molar-refractivity contribution in [2.24, 2.45) is 5.73 Å². The van der Waals surface area contributed by atoms with Crippen molar-refractivity contribution in [3.8, 4) is 5.75 Å². The lowest BCUT2D eigenvalue weighted by Crippen LogP contribution is -2.48. The predicted molar refractivity (Wildman–Crippen MR) is 76.8 cm³/mol. The number of ether oxygens (including phenoxy) is 1. The summed E-state index contributed by atoms with van der Waals surface area (Å²) in [7, 11) is 1.63. The van der Waals surface area contributed by atoms with Gasteiger partial charge in [-0.3, -0.25) is 4.79 Å². The highest BCUT2D eigenvalue weighted by Gasteiger charge is 2.18. The van der Waals surface area contributed by atoms with Crippen LogP contribution in [0.5, 0.6) is 5.75 Å². The predicted octanol–water partition coefficient (Wildman–Crippen LogP) is 1.23. The number of carbonyl (C=O) groups is 2. The summed E-state index contributed by atoms with van der Waals surface area (Å²) < 4.78 is 5.48. The SMILES string of the molecule is CC(NC(N)=O)C(=O)N(C)CCOc1ccc(Cl)cc1. The van der Waals surface area contributed by atoms with Crippen LogP contribution in [-0.4, -0.2) is 43.1 Å². The number of likely N-dealkylation sites (N-methyl/N-ethyl adjacent to an activating group) is 1. The Morgan fingerprint density at radius 1 is 1.40 bits per heavy atom. The number of primary amides is 1. The van der Waals surface area contributed by atoms with Crippen LogP contribution >= 0.6 is 11.6 Å². The van der Waals surface area contributed by atoms with Crippen molar-refractivity contribution in [3.05, 3.63) is 29.3 Å². The second-order valence-corrected chi connectivity index (χ2v) is 4.73. The second-order valence-electron chi connectivity index (χ2n) is 4.29. The number of nitrogens with two attached hydrogens (primary N) is 1. The van der Waals surface area contributed by atoms with Gasteiger partial charge < -0.3 is 20.7 Å². The Labute approximate surface area is 122 Å². The minimum absolute atomic E-state index is 0.233. The van der Waals surface area contributed by atoms with Gasteiger partial charge in [0.15, 0.2) is 0 Å². The minimum Gasteiger partial charge on any atom is -0.492 e. The molecule has 0 saturated heterocycles. The number of carbonyl (C=O) groups excluding carboxylic acids is 2. The molecule has 1 aromatic carbocycles. The number of halogens is 1. The molecule has 0 bridgehead atoms. The molecule has 1 atom stereocenters. The van der Waals surface area contributed by atoms with Crippen LogP contribution in [0.2, 0.25) is 5.02 Å². The molecule has 7 heteroatoms. The van der Waals surface area contributed by atoms with Gasteiger partial charge in [0.1, 0.15) is 18.4 Å². The van der Waals surface area contributed by atoms with Gasteiger partial charge in [0.05, 0.1) is 6.54 Å². The number of urea groups is 1. The van der Waals surface area contributed by atoms with Crippen LogP contribution in [-0.2, 0) is 4.79 Å². The summed E-state index contributed by atoms with van der Waals surface area (Å²) in [5.41, 5.74) is 4.96. The summed E-state index contributed by atoms with van der Waals surface area (Å²) >= 11 is 5.76. The summed E-state index contributed by atoms with van der Waals surface area (Å²) in [4.78, 5) is 24.0. The molecule has 3 amide bonds. The standard InChI is InChI=1S/C13H18ClN3O3/c1-9(16-13(15)19)12(18)17(2)7-8-20-11-5-3-10(14)4-6-11/h3-6,9H,7-8H2,1-2H3,(H3,15,16,19). The van der Waals surface area contributed by atoms with Gasteiger partial charge in [0, 0.05) is 12.1 Å². The molecule has 0 spiro atoms. The molecular weight excluding hydrogens is 282 g/mol. The molecule has 0 aliphatic carbocycles. The maximum atomic E-state index is 11.8. The van der Waals surface area contributed by atoms with Crippen LogP contribution in [0.3, 0.4) is 0 Å². The van der Waals surface area contributed by atoms with Crippen LogP contribution in [0.1, 0.15) is 6.92 Å². The van der Waals surface area contributed by atoms with Gasteiger partial charge in [0.2, 0.25) is 5.91 Å². The number of hydrogen-bond acceptors (Lipinski definition) is 3. The number of amides is 3. The van der Waals surface area contributed by atoms with E-state index in [1.54, 1.807) is 38.2 Å². The van der Waals surface area contributed by atoms with Gasteiger partial charge >= 0.3 is 6.03 Å². The van der Waals surface area contributed by atoms with Crippen molar-refractivity contribution in [3.63, 3.8) is 0 Å². The summed E-state index contributed by atoms with van der Waals surface area (Å²) in [6.45, 7) is 2.31. The third-order valence-corrected chi connectivity index (χ3v) is 2.87. The zero-order chi connectivity index (χ0) is 15.1. The summed E-state index contributed by atoms with van der Waals surface area (Å²) in [5, 5.41) is 2.97. The Morgan fingerprint density at radius 2 is 2.00 bits per heavy atom. The van der Waals surface area contributed by atoms with Crippen molar-refractivity contribution >= 4 is 23.5 Å². The molecule has 110 valence electrons. The summed E-state index contributed by atoms with van der Waals surface area (Å²) in [5.74, 6) is 0.446. The maximum absolute atomic E-state index is 11.8. The monoisotopic (exact) mass is 299 g/mol. The van der Waals surface area contributed by atoms with Crippen LogP contribution in [0, 0.1) is 0 Å². The molecule has 1 aromatic rings. The minimum atomic E-state index is -0.725. The van der Waals surface area contributed by atoms with E-state index < -0.39 is 12.1 Å². The molecule has 0 saturated carbocycles. The number of hydrogen-bond donors (Lipinski definition) is 2. The second kappa shape index (κ2) is 7.59. The molecule has 0 radical (unpaired) electrons. The van der Waals surface area contributed by atoms with E-state index in [1.165, 1.54) is 4.90 Å². The van der Waals surface area contributed by atoms with Gasteiger partial charge in [-0.15, -0.1) is 0 Å².